The van der Waals surface area contributed by atoms with Gasteiger partial charge in [0, 0.05) is 28.0 Å². The lowest BCUT2D eigenvalue weighted by molar-refractivity contribution is 0.747. The smallest absolute Gasteiger partial charge is 0.160 e. The van der Waals surface area contributed by atoms with Crippen LogP contribution in [0.4, 0.5) is 0 Å². The van der Waals surface area contributed by atoms with E-state index in [0.29, 0.717) is 18.8 Å². The Bertz CT molecular complexity index is 786. The lowest BCUT2D eigenvalue weighted by Gasteiger charge is -2.08. The second-order valence-electron chi connectivity index (χ2n) is 4.68. The van der Waals surface area contributed by atoms with Crippen LogP contribution in [0.1, 0.15) is 11.4 Å². The summed E-state index contributed by atoms with van der Waals surface area (Å²) in [5.74, 6) is 1.46. The summed E-state index contributed by atoms with van der Waals surface area (Å²) in [5, 5.41) is 0.728. The Kier molecular flexibility index (Phi) is 4.48. The highest BCUT2D eigenvalue weighted by Gasteiger charge is 2.12. The van der Waals surface area contributed by atoms with Crippen LogP contribution >= 0.6 is 39.1 Å². The number of pyridine rings is 1. The number of aromatic nitrogens is 3. The molecule has 6 heteroatoms. The zero-order valence-electron chi connectivity index (χ0n) is 11.1. The van der Waals surface area contributed by atoms with Crippen molar-refractivity contribution in [2.75, 3.05) is 5.88 Å². The van der Waals surface area contributed by atoms with Crippen molar-refractivity contribution in [1.29, 1.82) is 0 Å². The van der Waals surface area contributed by atoms with E-state index >= 15 is 0 Å². The number of alkyl halides is 1. The molecule has 0 aliphatic heterocycles. The molecule has 0 saturated carbocycles. The standard InChI is InChI=1S/C15H12BrCl2N3/c16-11-7-13-15(19-8-11)21(14(20-13)4-5-17)9-10-2-1-3-12(18)6-10/h1-3,6-8H,4-5,9H2. The second-order valence-corrected chi connectivity index (χ2v) is 6.41. The van der Waals surface area contributed by atoms with Crippen molar-refractivity contribution in [2.24, 2.45) is 0 Å². The first-order chi connectivity index (χ1) is 10.2. The Morgan fingerprint density at radius 1 is 1.24 bits per heavy atom. The van der Waals surface area contributed by atoms with Gasteiger partial charge in [-0.05, 0) is 39.7 Å². The molecule has 0 atom stereocenters. The van der Waals surface area contributed by atoms with Crippen LogP contribution in [-0.2, 0) is 13.0 Å². The van der Waals surface area contributed by atoms with Gasteiger partial charge < -0.3 is 4.57 Å². The van der Waals surface area contributed by atoms with E-state index < -0.39 is 0 Å². The molecule has 0 unspecified atom stereocenters. The van der Waals surface area contributed by atoms with E-state index in [-0.39, 0.29) is 0 Å². The van der Waals surface area contributed by atoms with E-state index in [1.165, 1.54) is 0 Å². The van der Waals surface area contributed by atoms with E-state index in [4.69, 9.17) is 23.2 Å². The van der Waals surface area contributed by atoms with Gasteiger partial charge in [0.2, 0.25) is 0 Å². The van der Waals surface area contributed by atoms with Crippen molar-refractivity contribution in [2.45, 2.75) is 13.0 Å². The SMILES string of the molecule is ClCCc1nc2cc(Br)cnc2n1Cc1cccc(Cl)c1. The minimum absolute atomic E-state index is 0.528. The van der Waals surface area contributed by atoms with E-state index in [9.17, 15) is 0 Å². The highest BCUT2D eigenvalue weighted by atomic mass is 79.9. The molecule has 0 spiro atoms. The van der Waals surface area contributed by atoms with Gasteiger partial charge in [0.1, 0.15) is 11.3 Å². The topological polar surface area (TPSA) is 30.7 Å². The van der Waals surface area contributed by atoms with Gasteiger partial charge in [0.15, 0.2) is 5.65 Å². The molecule has 0 radical (unpaired) electrons. The van der Waals surface area contributed by atoms with Gasteiger partial charge in [0.05, 0.1) is 6.54 Å². The van der Waals surface area contributed by atoms with Crippen LogP contribution in [0.15, 0.2) is 41.0 Å². The number of halogens is 3. The molecule has 3 nitrogen and oxygen atoms in total. The number of aryl methyl sites for hydroxylation is 1. The number of imidazole rings is 1. The van der Waals surface area contributed by atoms with E-state index in [1.54, 1.807) is 6.20 Å². The zero-order valence-corrected chi connectivity index (χ0v) is 14.2. The van der Waals surface area contributed by atoms with Gasteiger partial charge >= 0.3 is 0 Å². The summed E-state index contributed by atoms with van der Waals surface area (Å²) in [4.78, 5) is 9.11. The lowest BCUT2D eigenvalue weighted by atomic mass is 10.2. The zero-order chi connectivity index (χ0) is 14.8. The lowest BCUT2D eigenvalue weighted by Crippen LogP contribution is -2.06. The van der Waals surface area contributed by atoms with Crippen molar-refractivity contribution >= 4 is 50.3 Å². The summed E-state index contributed by atoms with van der Waals surface area (Å²) >= 11 is 15.4. The van der Waals surface area contributed by atoms with Crippen molar-refractivity contribution < 1.29 is 0 Å². The average molecular weight is 385 g/mol. The van der Waals surface area contributed by atoms with Crippen LogP contribution in [0.25, 0.3) is 11.2 Å². The molecule has 0 fully saturated rings. The molecule has 3 aromatic rings. The van der Waals surface area contributed by atoms with Crippen molar-refractivity contribution in [3.63, 3.8) is 0 Å². The summed E-state index contributed by atoms with van der Waals surface area (Å²) in [7, 11) is 0. The van der Waals surface area contributed by atoms with Gasteiger partial charge in [0.25, 0.3) is 0 Å². The van der Waals surface area contributed by atoms with Crippen molar-refractivity contribution in [1.82, 2.24) is 14.5 Å². The van der Waals surface area contributed by atoms with Crippen LogP contribution in [-0.4, -0.2) is 20.4 Å². The van der Waals surface area contributed by atoms with Crippen LogP contribution in [0.5, 0.6) is 0 Å². The summed E-state index contributed by atoms with van der Waals surface area (Å²) in [6.07, 6.45) is 2.49. The molecule has 0 bridgehead atoms. The third-order valence-corrected chi connectivity index (χ3v) is 4.04. The Balaban J connectivity index is 2.08. The number of hydrogen-bond donors (Lipinski definition) is 0. The summed E-state index contributed by atoms with van der Waals surface area (Å²) < 4.78 is 3.01. The van der Waals surface area contributed by atoms with E-state index in [1.807, 2.05) is 30.3 Å². The fourth-order valence-corrected chi connectivity index (χ4v) is 2.99. The Labute approximate surface area is 141 Å². The third kappa shape index (κ3) is 3.23. The monoisotopic (exact) mass is 383 g/mol. The summed E-state index contributed by atoms with van der Waals surface area (Å²) in [5.41, 5.74) is 2.84. The first-order valence-corrected chi connectivity index (χ1v) is 8.19. The van der Waals surface area contributed by atoms with Crippen molar-refractivity contribution in [3.8, 4) is 0 Å². The van der Waals surface area contributed by atoms with Crippen molar-refractivity contribution in [3.05, 3.63) is 57.4 Å². The molecule has 2 heterocycles. The van der Waals surface area contributed by atoms with Crippen LogP contribution in [0.2, 0.25) is 5.02 Å². The maximum atomic E-state index is 6.06. The number of hydrogen-bond acceptors (Lipinski definition) is 2. The molecule has 1 aromatic carbocycles. The predicted octanol–water partition coefficient (Wildman–Crippen LogP) is 4.68. The molecule has 0 amide bonds. The molecular formula is C15H12BrCl2N3. The van der Waals surface area contributed by atoms with Crippen LogP contribution < -0.4 is 0 Å². The fraction of sp³-hybridized carbons (Fsp3) is 0.200. The first-order valence-electron chi connectivity index (χ1n) is 6.48. The van der Waals surface area contributed by atoms with Crippen LogP contribution in [0.3, 0.4) is 0 Å². The molecule has 0 N–H and O–H groups in total. The molecule has 108 valence electrons. The molecule has 21 heavy (non-hydrogen) atoms. The molecule has 3 rings (SSSR count). The number of nitrogens with zero attached hydrogens (tertiary/aromatic N) is 3. The average Bonchev–Trinajstić information content (AvgIpc) is 2.76. The number of benzene rings is 1. The summed E-state index contributed by atoms with van der Waals surface area (Å²) in [6.45, 7) is 0.678. The minimum atomic E-state index is 0.528. The third-order valence-electron chi connectivity index (χ3n) is 3.18. The number of rotatable bonds is 4. The highest BCUT2D eigenvalue weighted by molar-refractivity contribution is 9.10. The fourth-order valence-electron chi connectivity index (χ4n) is 2.29. The summed E-state index contributed by atoms with van der Waals surface area (Å²) in [6, 6.07) is 9.78. The highest BCUT2D eigenvalue weighted by Crippen LogP contribution is 2.21. The van der Waals surface area contributed by atoms with Gasteiger partial charge in [-0.3, -0.25) is 0 Å². The quantitative estimate of drug-likeness (QED) is 0.611. The first kappa shape index (κ1) is 14.8. The predicted molar refractivity (Wildman–Crippen MR) is 90.2 cm³/mol. The molecule has 0 saturated heterocycles. The van der Waals surface area contributed by atoms with Gasteiger partial charge in [-0.15, -0.1) is 11.6 Å². The number of fused-ring (bicyclic) bond motifs is 1. The molecule has 0 aliphatic rings. The van der Waals surface area contributed by atoms with Gasteiger partial charge in [-0.25, -0.2) is 9.97 Å². The maximum absolute atomic E-state index is 6.06. The minimum Gasteiger partial charge on any atom is -0.308 e. The van der Waals surface area contributed by atoms with E-state index in [0.717, 1.165) is 32.0 Å². The largest absolute Gasteiger partial charge is 0.308 e. The molecule has 2 aromatic heterocycles. The van der Waals surface area contributed by atoms with Crippen LogP contribution in [0, 0.1) is 0 Å². The van der Waals surface area contributed by atoms with Gasteiger partial charge in [-0.2, -0.15) is 0 Å². The normalized spacial score (nSPS) is 11.2. The Morgan fingerprint density at radius 2 is 2.10 bits per heavy atom. The molecular weight excluding hydrogens is 373 g/mol. The Morgan fingerprint density at radius 3 is 2.86 bits per heavy atom. The maximum Gasteiger partial charge on any atom is 0.160 e. The Hall–Kier alpha value is -1.10. The van der Waals surface area contributed by atoms with Gasteiger partial charge in [-0.1, -0.05) is 23.7 Å². The van der Waals surface area contributed by atoms with E-state index in [2.05, 4.69) is 30.5 Å². The molecule has 0 aliphatic carbocycles. The second kappa shape index (κ2) is 6.34.